The van der Waals surface area contributed by atoms with E-state index in [9.17, 15) is 9.59 Å². The minimum absolute atomic E-state index is 0.167. The number of benzene rings is 1. The van der Waals surface area contributed by atoms with E-state index < -0.39 is 0 Å². The molecule has 0 saturated carbocycles. The monoisotopic (exact) mass is 439 g/mol. The van der Waals surface area contributed by atoms with Crippen LogP contribution in [-0.4, -0.2) is 84.8 Å². The van der Waals surface area contributed by atoms with Crippen LogP contribution in [0.5, 0.6) is 0 Å². The molecule has 2 amide bonds. The molecule has 3 aliphatic rings. The van der Waals surface area contributed by atoms with E-state index >= 15 is 0 Å². The third-order valence-corrected chi connectivity index (χ3v) is 6.81. The Morgan fingerprint density at radius 3 is 2.44 bits per heavy atom. The second kappa shape index (κ2) is 10.9. The van der Waals surface area contributed by atoms with Gasteiger partial charge in [0.25, 0.3) is 11.8 Å². The first-order valence-corrected chi connectivity index (χ1v) is 12.4. The minimum Gasteiger partial charge on any atom is -0.357 e. The molecule has 1 aromatic carbocycles. The topological polar surface area (TPSA) is 68.2 Å². The smallest absolute Gasteiger partial charge is 0.261 e. The van der Waals surface area contributed by atoms with Crippen molar-refractivity contribution in [1.29, 1.82) is 0 Å². The van der Waals surface area contributed by atoms with Crippen molar-refractivity contribution < 1.29 is 9.59 Å². The summed E-state index contributed by atoms with van der Waals surface area (Å²) < 4.78 is 0. The number of amides is 2. The van der Waals surface area contributed by atoms with Gasteiger partial charge in [-0.1, -0.05) is 18.6 Å². The van der Waals surface area contributed by atoms with Crippen molar-refractivity contribution in [3.63, 3.8) is 0 Å². The Morgan fingerprint density at radius 1 is 1.03 bits per heavy atom. The molecule has 0 aromatic heterocycles. The molecule has 3 heterocycles. The number of hydrogen-bond acceptors (Lipinski definition) is 4. The van der Waals surface area contributed by atoms with Gasteiger partial charge in [0, 0.05) is 39.3 Å². The van der Waals surface area contributed by atoms with Crippen LogP contribution in [0.25, 0.3) is 0 Å². The number of guanidine groups is 1. The Hall–Kier alpha value is -2.41. The summed E-state index contributed by atoms with van der Waals surface area (Å²) in [4.78, 5) is 36.2. The van der Waals surface area contributed by atoms with E-state index in [4.69, 9.17) is 4.99 Å². The standard InChI is InChI=1S/C25H37N5O2/c1-2-26-25(29-17-12-20(19-29)18-28-14-7-3-8-15-28)27-13-6-9-16-30-23(31)21-10-4-5-11-22(21)24(30)32/h4-5,10-11,20H,2-3,6-9,12-19H2,1H3,(H,26,27). The molecule has 0 aliphatic carbocycles. The van der Waals surface area contributed by atoms with E-state index in [1.165, 1.54) is 50.2 Å². The zero-order valence-corrected chi connectivity index (χ0v) is 19.4. The van der Waals surface area contributed by atoms with E-state index in [0.29, 0.717) is 24.2 Å². The number of unbranched alkanes of at least 4 members (excludes halogenated alkanes) is 1. The summed E-state index contributed by atoms with van der Waals surface area (Å²) >= 11 is 0. The molecule has 7 nitrogen and oxygen atoms in total. The normalized spacial score (nSPS) is 22.0. The van der Waals surface area contributed by atoms with Crippen molar-refractivity contribution in [1.82, 2.24) is 20.0 Å². The van der Waals surface area contributed by atoms with Gasteiger partial charge in [-0.15, -0.1) is 0 Å². The maximum Gasteiger partial charge on any atom is 0.261 e. The number of imide groups is 1. The van der Waals surface area contributed by atoms with Crippen LogP contribution >= 0.6 is 0 Å². The first-order chi connectivity index (χ1) is 15.7. The van der Waals surface area contributed by atoms with E-state index in [-0.39, 0.29) is 11.8 Å². The average molecular weight is 440 g/mol. The van der Waals surface area contributed by atoms with Crippen molar-refractivity contribution in [2.24, 2.45) is 10.9 Å². The quantitative estimate of drug-likeness (QED) is 0.292. The van der Waals surface area contributed by atoms with Crippen molar-refractivity contribution in [3.05, 3.63) is 35.4 Å². The summed E-state index contributed by atoms with van der Waals surface area (Å²) in [5.74, 6) is 1.40. The van der Waals surface area contributed by atoms with Crippen molar-refractivity contribution in [2.45, 2.75) is 45.4 Å². The van der Waals surface area contributed by atoms with Crippen molar-refractivity contribution in [2.75, 3.05) is 52.4 Å². The van der Waals surface area contributed by atoms with Crippen LogP contribution in [-0.2, 0) is 0 Å². The molecular weight excluding hydrogens is 402 g/mol. The maximum absolute atomic E-state index is 12.5. The van der Waals surface area contributed by atoms with E-state index in [2.05, 4.69) is 22.0 Å². The molecule has 0 bridgehead atoms. The largest absolute Gasteiger partial charge is 0.357 e. The lowest BCUT2D eigenvalue weighted by molar-refractivity contribution is 0.0652. The van der Waals surface area contributed by atoms with Crippen LogP contribution < -0.4 is 5.32 Å². The Morgan fingerprint density at radius 2 is 1.75 bits per heavy atom. The van der Waals surface area contributed by atoms with Crippen molar-refractivity contribution >= 4 is 17.8 Å². The molecule has 1 unspecified atom stereocenters. The number of nitrogens with one attached hydrogen (secondary N) is 1. The third-order valence-electron chi connectivity index (χ3n) is 6.81. The van der Waals surface area contributed by atoms with Crippen LogP contribution in [0.15, 0.2) is 29.3 Å². The van der Waals surface area contributed by atoms with Gasteiger partial charge < -0.3 is 15.1 Å². The van der Waals surface area contributed by atoms with Crippen LogP contribution in [0.4, 0.5) is 0 Å². The Balaban J connectivity index is 1.22. The SMILES string of the molecule is CCNC(=NCCCCN1C(=O)c2ccccc2C1=O)N1CCC(CN2CCCCC2)C1. The number of carbonyl (C=O) groups is 2. The number of aliphatic imine (C=N–C) groups is 1. The molecule has 1 aromatic rings. The lowest BCUT2D eigenvalue weighted by Gasteiger charge is -2.29. The molecule has 3 aliphatic heterocycles. The first kappa shape index (κ1) is 22.8. The predicted octanol–water partition coefficient (Wildman–Crippen LogP) is 2.84. The molecule has 2 fully saturated rings. The fraction of sp³-hybridized carbons (Fsp3) is 0.640. The maximum atomic E-state index is 12.5. The van der Waals surface area contributed by atoms with Gasteiger partial charge in [-0.25, -0.2) is 0 Å². The summed E-state index contributed by atoms with van der Waals surface area (Å²) in [7, 11) is 0. The summed E-state index contributed by atoms with van der Waals surface area (Å²) in [6.07, 6.45) is 6.94. The fourth-order valence-electron chi connectivity index (χ4n) is 5.12. The zero-order valence-electron chi connectivity index (χ0n) is 19.4. The summed E-state index contributed by atoms with van der Waals surface area (Å²) in [6, 6.07) is 7.08. The van der Waals surface area contributed by atoms with Crippen LogP contribution in [0.3, 0.4) is 0 Å². The molecule has 0 spiro atoms. The number of piperidine rings is 1. The molecule has 174 valence electrons. The highest BCUT2D eigenvalue weighted by Crippen LogP contribution is 2.23. The third kappa shape index (κ3) is 5.31. The Kier molecular flexibility index (Phi) is 7.79. The van der Waals surface area contributed by atoms with E-state index in [1.54, 1.807) is 24.3 Å². The number of nitrogens with zero attached hydrogens (tertiary/aromatic N) is 4. The van der Waals surface area contributed by atoms with Gasteiger partial charge in [-0.05, 0) is 70.2 Å². The Labute approximate surface area is 191 Å². The molecule has 0 radical (unpaired) electrons. The van der Waals surface area contributed by atoms with Crippen LogP contribution in [0, 0.1) is 5.92 Å². The minimum atomic E-state index is -0.167. The molecule has 32 heavy (non-hydrogen) atoms. The molecule has 1 atom stereocenters. The van der Waals surface area contributed by atoms with Gasteiger partial charge >= 0.3 is 0 Å². The highest BCUT2D eigenvalue weighted by Gasteiger charge is 2.34. The highest BCUT2D eigenvalue weighted by molar-refractivity contribution is 6.21. The molecule has 1 N–H and O–H groups in total. The fourth-order valence-corrected chi connectivity index (χ4v) is 5.12. The van der Waals surface area contributed by atoms with E-state index in [0.717, 1.165) is 44.4 Å². The van der Waals surface area contributed by atoms with Gasteiger partial charge in [0.2, 0.25) is 0 Å². The second-order valence-electron chi connectivity index (χ2n) is 9.21. The second-order valence-corrected chi connectivity index (χ2v) is 9.21. The van der Waals surface area contributed by atoms with Crippen LogP contribution in [0.2, 0.25) is 0 Å². The number of likely N-dealkylation sites (tertiary alicyclic amines) is 2. The first-order valence-electron chi connectivity index (χ1n) is 12.4. The number of fused-ring (bicyclic) bond motifs is 1. The van der Waals surface area contributed by atoms with Gasteiger partial charge in [-0.3, -0.25) is 19.5 Å². The molecule has 4 rings (SSSR count). The number of rotatable bonds is 8. The predicted molar refractivity (Wildman–Crippen MR) is 127 cm³/mol. The lowest BCUT2D eigenvalue weighted by Crippen LogP contribution is -2.41. The van der Waals surface area contributed by atoms with E-state index in [1.807, 2.05) is 0 Å². The van der Waals surface area contributed by atoms with Gasteiger partial charge in [0.05, 0.1) is 11.1 Å². The van der Waals surface area contributed by atoms with Crippen LogP contribution in [0.1, 0.15) is 66.2 Å². The highest BCUT2D eigenvalue weighted by atomic mass is 16.2. The molecule has 2 saturated heterocycles. The summed E-state index contributed by atoms with van der Waals surface area (Å²) in [5, 5.41) is 3.45. The van der Waals surface area contributed by atoms with Gasteiger partial charge in [0.15, 0.2) is 5.96 Å². The zero-order chi connectivity index (χ0) is 22.3. The molecular formula is C25H37N5O2. The summed E-state index contributed by atoms with van der Waals surface area (Å²) in [6.45, 7) is 10.0. The Bertz CT molecular complexity index is 798. The van der Waals surface area contributed by atoms with Gasteiger partial charge in [-0.2, -0.15) is 0 Å². The number of hydrogen-bond donors (Lipinski definition) is 1. The van der Waals surface area contributed by atoms with Gasteiger partial charge in [0.1, 0.15) is 0 Å². The number of carbonyl (C=O) groups excluding carboxylic acids is 2. The summed E-state index contributed by atoms with van der Waals surface area (Å²) in [5.41, 5.74) is 1.05. The molecule has 7 heteroatoms. The van der Waals surface area contributed by atoms with Crippen molar-refractivity contribution in [3.8, 4) is 0 Å². The lowest BCUT2D eigenvalue weighted by atomic mass is 10.1. The average Bonchev–Trinajstić information content (AvgIpc) is 3.37.